The summed E-state index contributed by atoms with van der Waals surface area (Å²) < 4.78 is 68.2. The highest BCUT2D eigenvalue weighted by molar-refractivity contribution is 7.92. The molecule has 0 spiro atoms. The summed E-state index contributed by atoms with van der Waals surface area (Å²) in [6.45, 7) is 1.27. The fourth-order valence-corrected chi connectivity index (χ4v) is 3.02. The molecule has 1 heterocycles. The van der Waals surface area contributed by atoms with Crippen molar-refractivity contribution in [3.8, 4) is 0 Å². The van der Waals surface area contributed by atoms with Crippen LogP contribution in [-0.4, -0.2) is 32.3 Å². The molecule has 0 aliphatic rings. The van der Waals surface area contributed by atoms with Gasteiger partial charge in [0, 0.05) is 19.0 Å². The predicted molar refractivity (Wildman–Crippen MR) is 88.1 cm³/mol. The van der Waals surface area contributed by atoms with Crippen molar-refractivity contribution in [1.82, 2.24) is 5.16 Å². The second kappa shape index (κ2) is 7.36. The molecular weight excluding hydrogens is 375 g/mol. The average molecular weight is 391 g/mol. The molecule has 2 rings (SSSR count). The topological polar surface area (TPSA) is 92.5 Å². The van der Waals surface area contributed by atoms with E-state index in [-0.39, 0.29) is 18.8 Å². The van der Waals surface area contributed by atoms with Gasteiger partial charge in [-0.2, -0.15) is 13.2 Å². The molecule has 0 fully saturated rings. The van der Waals surface area contributed by atoms with Crippen LogP contribution >= 0.6 is 0 Å². The third-order valence-corrected chi connectivity index (χ3v) is 4.49. The van der Waals surface area contributed by atoms with Gasteiger partial charge in [0.1, 0.15) is 5.76 Å². The first-order chi connectivity index (χ1) is 12.0. The van der Waals surface area contributed by atoms with Gasteiger partial charge in [-0.05, 0) is 19.1 Å². The molecule has 26 heavy (non-hydrogen) atoms. The first-order valence-corrected chi connectivity index (χ1v) is 9.20. The zero-order valence-corrected chi connectivity index (χ0v) is 14.7. The second-order valence-electron chi connectivity index (χ2n) is 5.47. The van der Waals surface area contributed by atoms with Crippen LogP contribution in [0.1, 0.15) is 17.7 Å². The standard InChI is InChI=1S/C15H16F3N3O4S/c1-10-9-13(20-25-10)21(26(2,23)24)8-7-14(22)19-12-6-4-3-5-11(12)15(16,17)18/h3-6,9H,7-8H2,1-2H3,(H,19,22). The largest absolute Gasteiger partial charge is 0.418 e. The molecule has 0 radical (unpaired) electrons. The molecule has 0 atom stereocenters. The fourth-order valence-electron chi connectivity index (χ4n) is 2.18. The van der Waals surface area contributed by atoms with Gasteiger partial charge in [-0.3, -0.25) is 9.10 Å². The van der Waals surface area contributed by atoms with Crippen LogP contribution in [0.3, 0.4) is 0 Å². The van der Waals surface area contributed by atoms with Crippen molar-refractivity contribution >= 4 is 27.4 Å². The van der Waals surface area contributed by atoms with Crippen LogP contribution in [0.4, 0.5) is 24.7 Å². The van der Waals surface area contributed by atoms with Gasteiger partial charge in [0.05, 0.1) is 17.5 Å². The van der Waals surface area contributed by atoms with E-state index in [9.17, 15) is 26.4 Å². The number of para-hydroxylation sites is 1. The van der Waals surface area contributed by atoms with E-state index >= 15 is 0 Å². The van der Waals surface area contributed by atoms with Gasteiger partial charge in [-0.25, -0.2) is 8.42 Å². The van der Waals surface area contributed by atoms with E-state index in [4.69, 9.17) is 4.52 Å². The van der Waals surface area contributed by atoms with Crippen molar-refractivity contribution < 1.29 is 30.9 Å². The predicted octanol–water partition coefficient (Wildman–Crippen LogP) is 2.80. The number of hydrogen-bond donors (Lipinski definition) is 1. The van der Waals surface area contributed by atoms with E-state index < -0.39 is 33.4 Å². The Morgan fingerprint density at radius 3 is 2.50 bits per heavy atom. The Bertz CT molecular complexity index is 894. The minimum atomic E-state index is -4.62. The highest BCUT2D eigenvalue weighted by Gasteiger charge is 2.33. The Morgan fingerprint density at radius 1 is 1.31 bits per heavy atom. The fraction of sp³-hybridized carbons (Fsp3) is 0.333. The Kier molecular flexibility index (Phi) is 5.59. The molecule has 1 aromatic heterocycles. The SMILES string of the molecule is Cc1cc(N(CCC(=O)Nc2ccccc2C(F)(F)F)S(C)(=O)=O)no1. The number of aryl methyl sites for hydroxylation is 1. The van der Waals surface area contributed by atoms with E-state index in [1.165, 1.54) is 18.2 Å². The van der Waals surface area contributed by atoms with Crippen molar-refractivity contribution in [2.24, 2.45) is 0 Å². The first kappa shape index (κ1) is 19.8. The third-order valence-electron chi connectivity index (χ3n) is 3.32. The van der Waals surface area contributed by atoms with Crippen LogP contribution in [-0.2, 0) is 21.0 Å². The third kappa shape index (κ3) is 4.97. The molecule has 0 saturated carbocycles. The molecule has 0 aliphatic heterocycles. The number of benzene rings is 1. The van der Waals surface area contributed by atoms with Crippen molar-refractivity contribution in [2.45, 2.75) is 19.5 Å². The summed E-state index contributed by atoms with van der Waals surface area (Å²) in [5.74, 6) is -0.402. The summed E-state index contributed by atoms with van der Waals surface area (Å²) >= 11 is 0. The maximum absolute atomic E-state index is 12.9. The molecule has 2 aromatic rings. The first-order valence-electron chi connectivity index (χ1n) is 7.35. The highest BCUT2D eigenvalue weighted by Crippen LogP contribution is 2.34. The maximum Gasteiger partial charge on any atom is 0.418 e. The van der Waals surface area contributed by atoms with Gasteiger partial charge in [0.25, 0.3) is 0 Å². The minimum absolute atomic E-state index is 0.00603. The van der Waals surface area contributed by atoms with Crippen LogP contribution in [0.5, 0.6) is 0 Å². The molecule has 0 saturated heterocycles. The lowest BCUT2D eigenvalue weighted by Gasteiger charge is -2.19. The number of anilines is 2. The van der Waals surface area contributed by atoms with Gasteiger partial charge in [-0.1, -0.05) is 17.3 Å². The average Bonchev–Trinajstić information content (AvgIpc) is 2.91. The lowest BCUT2D eigenvalue weighted by Crippen LogP contribution is -2.33. The van der Waals surface area contributed by atoms with Crippen molar-refractivity contribution in [2.75, 3.05) is 22.4 Å². The smallest absolute Gasteiger partial charge is 0.360 e. The monoisotopic (exact) mass is 391 g/mol. The van der Waals surface area contributed by atoms with Gasteiger partial charge in [0.15, 0.2) is 5.82 Å². The summed E-state index contributed by atoms with van der Waals surface area (Å²) in [6, 6.07) is 5.90. The number of rotatable bonds is 6. The lowest BCUT2D eigenvalue weighted by molar-refractivity contribution is -0.137. The number of carbonyl (C=O) groups excluding carboxylic acids is 1. The zero-order chi connectivity index (χ0) is 19.5. The van der Waals surface area contributed by atoms with Crippen LogP contribution in [0.2, 0.25) is 0 Å². The number of carbonyl (C=O) groups is 1. The van der Waals surface area contributed by atoms with Crippen LogP contribution in [0.15, 0.2) is 34.9 Å². The number of hydrogen-bond acceptors (Lipinski definition) is 5. The van der Waals surface area contributed by atoms with Crippen LogP contribution < -0.4 is 9.62 Å². The zero-order valence-electron chi connectivity index (χ0n) is 13.9. The van der Waals surface area contributed by atoms with E-state index in [1.54, 1.807) is 6.92 Å². The lowest BCUT2D eigenvalue weighted by atomic mass is 10.1. The van der Waals surface area contributed by atoms with Crippen molar-refractivity contribution in [3.63, 3.8) is 0 Å². The van der Waals surface area contributed by atoms with Crippen LogP contribution in [0, 0.1) is 6.92 Å². The Labute approximate surface area is 147 Å². The number of sulfonamides is 1. The van der Waals surface area contributed by atoms with Crippen molar-refractivity contribution in [1.29, 1.82) is 0 Å². The van der Waals surface area contributed by atoms with Gasteiger partial charge >= 0.3 is 6.18 Å². The number of halogens is 3. The van der Waals surface area contributed by atoms with Crippen molar-refractivity contribution in [3.05, 3.63) is 41.7 Å². The summed E-state index contributed by atoms with van der Waals surface area (Å²) in [7, 11) is -3.75. The number of nitrogens with one attached hydrogen (secondary N) is 1. The molecule has 11 heteroatoms. The number of amides is 1. The normalized spacial score (nSPS) is 12.0. The molecular formula is C15H16F3N3O4S. The molecule has 1 amide bonds. The Balaban J connectivity index is 2.11. The van der Waals surface area contributed by atoms with Gasteiger partial charge in [0.2, 0.25) is 15.9 Å². The number of aromatic nitrogens is 1. The minimum Gasteiger partial charge on any atom is -0.360 e. The van der Waals surface area contributed by atoms with E-state index in [1.807, 2.05) is 0 Å². The molecule has 1 aromatic carbocycles. The Hall–Kier alpha value is -2.56. The molecule has 1 N–H and O–H groups in total. The summed E-state index contributed by atoms with van der Waals surface area (Å²) in [5, 5.41) is 5.74. The van der Waals surface area contributed by atoms with E-state index in [0.29, 0.717) is 5.76 Å². The number of nitrogens with zero attached hydrogens (tertiary/aromatic N) is 2. The summed E-state index contributed by atoms with van der Waals surface area (Å²) in [6.07, 6.45) is -4.07. The van der Waals surface area contributed by atoms with E-state index in [0.717, 1.165) is 22.7 Å². The summed E-state index contributed by atoms with van der Waals surface area (Å²) in [5.41, 5.74) is -1.38. The quantitative estimate of drug-likeness (QED) is 0.817. The molecule has 7 nitrogen and oxygen atoms in total. The molecule has 0 unspecified atom stereocenters. The van der Waals surface area contributed by atoms with Gasteiger partial charge < -0.3 is 9.84 Å². The maximum atomic E-state index is 12.9. The van der Waals surface area contributed by atoms with Gasteiger partial charge in [-0.15, -0.1) is 0 Å². The summed E-state index contributed by atoms with van der Waals surface area (Å²) in [4.78, 5) is 12.0. The molecule has 142 valence electrons. The second-order valence-corrected chi connectivity index (χ2v) is 7.38. The van der Waals surface area contributed by atoms with Crippen LogP contribution in [0.25, 0.3) is 0 Å². The number of alkyl halides is 3. The Morgan fingerprint density at radius 2 is 1.96 bits per heavy atom. The molecule has 0 aliphatic carbocycles. The van der Waals surface area contributed by atoms with E-state index in [2.05, 4.69) is 10.5 Å². The molecule has 0 bridgehead atoms. The highest BCUT2D eigenvalue weighted by atomic mass is 32.2.